The van der Waals surface area contributed by atoms with Crippen LogP contribution in [-0.4, -0.2) is 19.9 Å². The highest BCUT2D eigenvalue weighted by molar-refractivity contribution is 7.89. The highest BCUT2D eigenvalue weighted by atomic mass is 35.5. The highest BCUT2D eigenvalue weighted by Gasteiger charge is 2.25. The summed E-state index contributed by atoms with van der Waals surface area (Å²) in [5, 5.41) is 2.71. The first-order chi connectivity index (χ1) is 11.1. The Hall–Kier alpha value is -1.83. The van der Waals surface area contributed by atoms with Crippen molar-refractivity contribution in [2.75, 3.05) is 0 Å². The Bertz CT molecular complexity index is 824. The maximum absolute atomic E-state index is 12.4. The van der Waals surface area contributed by atoms with Crippen molar-refractivity contribution < 1.29 is 17.6 Å². The van der Waals surface area contributed by atoms with Gasteiger partial charge in [-0.05, 0) is 51.1 Å². The Morgan fingerprint density at radius 3 is 2.54 bits per heavy atom. The van der Waals surface area contributed by atoms with Crippen molar-refractivity contribution >= 4 is 27.5 Å². The molecule has 0 aliphatic rings. The van der Waals surface area contributed by atoms with Gasteiger partial charge in [0, 0.05) is 11.1 Å². The third-order valence-corrected chi connectivity index (χ3v) is 5.17. The van der Waals surface area contributed by atoms with E-state index in [4.69, 9.17) is 16.0 Å². The smallest absolute Gasteiger partial charge is 0.251 e. The number of furan rings is 1. The molecule has 0 atom stereocenters. The van der Waals surface area contributed by atoms with Crippen LogP contribution in [0.5, 0.6) is 0 Å². The fourth-order valence-corrected chi connectivity index (χ4v) is 3.94. The van der Waals surface area contributed by atoms with Crippen molar-refractivity contribution in [1.82, 2.24) is 10.0 Å². The summed E-state index contributed by atoms with van der Waals surface area (Å²) < 4.78 is 32.5. The summed E-state index contributed by atoms with van der Waals surface area (Å²) in [4.78, 5) is 12.1. The van der Waals surface area contributed by atoms with Crippen molar-refractivity contribution in [3.63, 3.8) is 0 Å². The van der Waals surface area contributed by atoms with Crippen LogP contribution in [0.2, 0.25) is 5.02 Å². The number of hydrogen-bond acceptors (Lipinski definition) is 4. The van der Waals surface area contributed by atoms with Gasteiger partial charge in [0.2, 0.25) is 10.0 Å². The molecule has 1 aromatic heterocycles. The number of halogens is 1. The Morgan fingerprint density at radius 2 is 1.96 bits per heavy atom. The normalized spacial score (nSPS) is 12.2. The first kappa shape index (κ1) is 18.5. The molecule has 0 spiro atoms. The molecule has 0 fully saturated rings. The summed E-state index contributed by atoms with van der Waals surface area (Å²) in [5.41, 5.74) is -0.472. The number of carbonyl (C=O) groups is 1. The van der Waals surface area contributed by atoms with E-state index in [9.17, 15) is 13.2 Å². The molecule has 1 heterocycles. The van der Waals surface area contributed by atoms with Crippen LogP contribution in [0.3, 0.4) is 0 Å². The average molecular weight is 371 g/mol. The standard InChI is InChI=1S/C16H19ClN2O4S/c1-16(2,3)19-24(21,22)14-9-11(6-7-13(14)17)15(20)18-10-12-5-4-8-23-12/h4-9,19H,10H2,1-3H3,(H,18,20). The minimum Gasteiger partial charge on any atom is -0.467 e. The molecule has 0 radical (unpaired) electrons. The Balaban J connectivity index is 2.23. The molecular formula is C16H19ClN2O4S. The molecule has 130 valence electrons. The zero-order valence-corrected chi connectivity index (χ0v) is 15.2. The molecular weight excluding hydrogens is 352 g/mol. The molecule has 0 saturated carbocycles. The second-order valence-electron chi connectivity index (χ2n) is 6.26. The molecule has 2 rings (SSSR count). The zero-order valence-electron chi connectivity index (χ0n) is 13.6. The first-order valence-electron chi connectivity index (χ1n) is 7.22. The number of hydrogen-bond donors (Lipinski definition) is 2. The highest BCUT2D eigenvalue weighted by Crippen LogP contribution is 2.24. The maximum atomic E-state index is 12.4. The number of carbonyl (C=O) groups excluding carboxylic acids is 1. The zero-order chi connectivity index (χ0) is 18.0. The van der Waals surface area contributed by atoms with Crippen LogP contribution in [0.4, 0.5) is 0 Å². The SMILES string of the molecule is CC(C)(C)NS(=O)(=O)c1cc(C(=O)NCc2ccco2)ccc1Cl. The van der Waals surface area contributed by atoms with Gasteiger partial charge in [0.05, 0.1) is 17.8 Å². The van der Waals surface area contributed by atoms with Gasteiger partial charge < -0.3 is 9.73 Å². The molecule has 6 nitrogen and oxygen atoms in total. The van der Waals surface area contributed by atoms with Gasteiger partial charge in [0.1, 0.15) is 10.7 Å². The Labute approximate surface area is 146 Å². The van der Waals surface area contributed by atoms with E-state index in [2.05, 4.69) is 10.0 Å². The van der Waals surface area contributed by atoms with Crippen LogP contribution in [0, 0.1) is 0 Å². The fraction of sp³-hybridized carbons (Fsp3) is 0.312. The van der Waals surface area contributed by atoms with Crippen molar-refractivity contribution in [1.29, 1.82) is 0 Å². The maximum Gasteiger partial charge on any atom is 0.251 e. The number of amides is 1. The van der Waals surface area contributed by atoms with E-state index in [-0.39, 0.29) is 22.0 Å². The molecule has 0 saturated heterocycles. The number of rotatable bonds is 5. The summed E-state index contributed by atoms with van der Waals surface area (Å²) in [6.45, 7) is 5.37. The van der Waals surface area contributed by atoms with Crippen molar-refractivity contribution in [2.24, 2.45) is 0 Å². The van der Waals surface area contributed by atoms with Gasteiger partial charge in [0.25, 0.3) is 5.91 Å². The van der Waals surface area contributed by atoms with E-state index in [0.717, 1.165) is 0 Å². The van der Waals surface area contributed by atoms with E-state index in [1.165, 1.54) is 24.5 Å². The third-order valence-electron chi connectivity index (χ3n) is 2.93. The van der Waals surface area contributed by atoms with Gasteiger partial charge in [-0.3, -0.25) is 4.79 Å². The summed E-state index contributed by atoms with van der Waals surface area (Å²) in [5.74, 6) is 0.176. The lowest BCUT2D eigenvalue weighted by molar-refractivity contribution is 0.0948. The lowest BCUT2D eigenvalue weighted by atomic mass is 10.1. The molecule has 0 unspecified atom stereocenters. The van der Waals surface area contributed by atoms with Gasteiger partial charge in [0.15, 0.2) is 0 Å². The fourth-order valence-electron chi connectivity index (χ4n) is 1.99. The molecule has 24 heavy (non-hydrogen) atoms. The number of sulfonamides is 1. The summed E-state index contributed by atoms with van der Waals surface area (Å²) in [6, 6.07) is 7.56. The minimum atomic E-state index is -3.84. The van der Waals surface area contributed by atoms with Crippen molar-refractivity contribution in [3.8, 4) is 0 Å². The summed E-state index contributed by atoms with van der Waals surface area (Å²) in [6.07, 6.45) is 1.51. The third kappa shape index (κ3) is 4.83. The molecule has 0 aliphatic carbocycles. The Morgan fingerprint density at radius 1 is 1.25 bits per heavy atom. The second-order valence-corrected chi connectivity index (χ2v) is 8.32. The molecule has 0 bridgehead atoms. The van der Waals surface area contributed by atoms with Crippen molar-refractivity contribution in [2.45, 2.75) is 37.8 Å². The topological polar surface area (TPSA) is 88.4 Å². The van der Waals surface area contributed by atoms with Crippen LogP contribution < -0.4 is 10.0 Å². The molecule has 2 aromatic rings. The monoisotopic (exact) mass is 370 g/mol. The predicted molar refractivity (Wildman–Crippen MR) is 91.4 cm³/mol. The largest absolute Gasteiger partial charge is 0.467 e. The quantitative estimate of drug-likeness (QED) is 0.846. The lowest BCUT2D eigenvalue weighted by Crippen LogP contribution is -2.40. The van der Waals surface area contributed by atoms with E-state index in [1.54, 1.807) is 32.9 Å². The van der Waals surface area contributed by atoms with Crippen LogP contribution in [0.15, 0.2) is 45.9 Å². The summed E-state index contributed by atoms with van der Waals surface area (Å²) >= 11 is 6.01. The van der Waals surface area contributed by atoms with Gasteiger partial charge in [-0.15, -0.1) is 0 Å². The average Bonchev–Trinajstić information content (AvgIpc) is 2.95. The minimum absolute atomic E-state index is 0.0503. The predicted octanol–water partition coefficient (Wildman–Crippen LogP) is 2.94. The van der Waals surface area contributed by atoms with Crippen LogP contribution in [0.25, 0.3) is 0 Å². The van der Waals surface area contributed by atoms with Gasteiger partial charge in [-0.25, -0.2) is 13.1 Å². The second kappa shape index (κ2) is 6.96. The van der Waals surface area contributed by atoms with Gasteiger partial charge in [-0.2, -0.15) is 0 Å². The molecule has 8 heteroatoms. The van der Waals surface area contributed by atoms with Crippen LogP contribution in [-0.2, 0) is 16.6 Å². The molecule has 0 aliphatic heterocycles. The van der Waals surface area contributed by atoms with Gasteiger partial charge in [-0.1, -0.05) is 11.6 Å². The van der Waals surface area contributed by atoms with Crippen LogP contribution >= 0.6 is 11.6 Å². The first-order valence-corrected chi connectivity index (χ1v) is 9.09. The van der Waals surface area contributed by atoms with E-state index >= 15 is 0 Å². The lowest BCUT2D eigenvalue weighted by Gasteiger charge is -2.21. The van der Waals surface area contributed by atoms with E-state index in [0.29, 0.717) is 5.76 Å². The molecule has 1 amide bonds. The Kier molecular flexibility index (Phi) is 5.37. The van der Waals surface area contributed by atoms with Crippen molar-refractivity contribution in [3.05, 3.63) is 52.9 Å². The van der Waals surface area contributed by atoms with E-state index < -0.39 is 21.5 Å². The van der Waals surface area contributed by atoms with Crippen LogP contribution in [0.1, 0.15) is 36.9 Å². The van der Waals surface area contributed by atoms with E-state index in [1.807, 2.05) is 0 Å². The van der Waals surface area contributed by atoms with Gasteiger partial charge >= 0.3 is 0 Å². The number of benzene rings is 1. The summed E-state index contributed by atoms with van der Waals surface area (Å²) in [7, 11) is -3.84. The molecule has 1 aromatic carbocycles. The molecule has 2 N–H and O–H groups in total. The number of nitrogens with one attached hydrogen (secondary N) is 2.